The van der Waals surface area contributed by atoms with Crippen LogP contribution < -0.4 is 5.32 Å². The summed E-state index contributed by atoms with van der Waals surface area (Å²) < 4.78 is 32.3. The van der Waals surface area contributed by atoms with Crippen molar-refractivity contribution in [1.29, 1.82) is 0 Å². The molecule has 0 fully saturated rings. The smallest absolute Gasteiger partial charge is 0.343 e. The number of carboxylic acids is 1. The van der Waals surface area contributed by atoms with Gasteiger partial charge in [0.1, 0.15) is 0 Å². The molecule has 5 nitrogen and oxygen atoms in total. The van der Waals surface area contributed by atoms with Crippen LogP contribution in [0.5, 0.6) is 0 Å². The Labute approximate surface area is 126 Å². The molecule has 0 saturated heterocycles. The monoisotopic (exact) mass is 313 g/mol. The summed E-state index contributed by atoms with van der Waals surface area (Å²) in [5, 5.41) is 10.7. The van der Waals surface area contributed by atoms with Gasteiger partial charge in [-0.15, -0.1) is 0 Å². The predicted molar refractivity (Wildman–Crippen MR) is 76.5 cm³/mol. The van der Waals surface area contributed by atoms with Crippen molar-refractivity contribution in [3.8, 4) is 0 Å². The van der Waals surface area contributed by atoms with E-state index in [1.54, 1.807) is 35.6 Å². The summed E-state index contributed by atoms with van der Waals surface area (Å²) in [6, 6.07) is 6.69. The number of hydrogen-bond acceptors (Lipinski definition) is 3. The van der Waals surface area contributed by atoms with Gasteiger partial charge in [0.05, 0.1) is 6.10 Å². The van der Waals surface area contributed by atoms with Crippen molar-refractivity contribution in [3.05, 3.63) is 42.0 Å². The van der Waals surface area contributed by atoms with Gasteiger partial charge in [0.2, 0.25) is 0 Å². The summed E-state index contributed by atoms with van der Waals surface area (Å²) in [6.07, 6.45) is 0.568. The maximum absolute atomic E-state index is 13.8. The summed E-state index contributed by atoms with van der Waals surface area (Å²) >= 11 is 0. The average Bonchev–Trinajstić information content (AvgIpc) is 2.50. The lowest BCUT2D eigenvalue weighted by Gasteiger charge is -2.22. The fourth-order valence-electron chi connectivity index (χ4n) is 1.59. The van der Waals surface area contributed by atoms with E-state index in [1.807, 2.05) is 0 Å². The van der Waals surface area contributed by atoms with Crippen molar-refractivity contribution < 1.29 is 28.2 Å². The Morgan fingerprint density at radius 2 is 1.91 bits per heavy atom. The maximum atomic E-state index is 13.8. The SMILES string of the molecule is CO[C@H](C)[C@H](NC(=O)C(F)(F)/C=C/c1ccccc1)C(=O)O. The summed E-state index contributed by atoms with van der Waals surface area (Å²) in [6.45, 7) is 1.36. The molecule has 1 aromatic carbocycles. The van der Waals surface area contributed by atoms with E-state index in [0.29, 0.717) is 11.6 Å². The van der Waals surface area contributed by atoms with Gasteiger partial charge in [-0.25, -0.2) is 4.79 Å². The highest BCUT2D eigenvalue weighted by Gasteiger charge is 2.39. The van der Waals surface area contributed by atoms with Crippen molar-refractivity contribution in [1.82, 2.24) is 5.32 Å². The number of nitrogens with one attached hydrogen (secondary N) is 1. The quantitative estimate of drug-likeness (QED) is 0.806. The first-order valence-corrected chi connectivity index (χ1v) is 6.46. The van der Waals surface area contributed by atoms with Gasteiger partial charge in [0.15, 0.2) is 6.04 Å². The molecule has 0 radical (unpaired) electrons. The molecule has 0 aliphatic rings. The third-order valence-electron chi connectivity index (χ3n) is 2.98. The molecule has 0 heterocycles. The number of halogens is 2. The van der Waals surface area contributed by atoms with Gasteiger partial charge in [-0.3, -0.25) is 4.79 Å². The van der Waals surface area contributed by atoms with Gasteiger partial charge < -0.3 is 15.2 Å². The number of benzene rings is 1. The van der Waals surface area contributed by atoms with Gasteiger partial charge in [-0.05, 0) is 18.6 Å². The maximum Gasteiger partial charge on any atom is 0.343 e. The standard InChI is InChI=1S/C15H17F2NO4/c1-10(22-2)12(13(19)20)18-14(21)15(16,17)9-8-11-6-4-3-5-7-11/h3-10,12H,1-2H3,(H,18,21)(H,19,20)/b9-8+/t10-,12+/m1/s1. The number of hydrogen-bond donors (Lipinski definition) is 2. The fraction of sp³-hybridized carbons (Fsp3) is 0.333. The number of amides is 1. The number of carbonyl (C=O) groups excluding carboxylic acids is 1. The van der Waals surface area contributed by atoms with E-state index < -0.39 is 29.9 Å². The number of aliphatic carboxylic acids is 1. The number of ether oxygens (including phenoxy) is 1. The Morgan fingerprint density at radius 1 is 1.32 bits per heavy atom. The van der Waals surface area contributed by atoms with Crippen LogP contribution in [0.1, 0.15) is 12.5 Å². The Balaban J connectivity index is 2.81. The van der Waals surface area contributed by atoms with Crippen LogP contribution in [0.2, 0.25) is 0 Å². The lowest BCUT2D eigenvalue weighted by molar-refractivity contribution is -0.150. The Hall–Kier alpha value is -2.28. The highest BCUT2D eigenvalue weighted by Crippen LogP contribution is 2.18. The van der Waals surface area contributed by atoms with Crippen molar-refractivity contribution in [2.45, 2.75) is 25.0 Å². The van der Waals surface area contributed by atoms with Crippen LogP contribution in [0.15, 0.2) is 36.4 Å². The molecule has 0 unspecified atom stereocenters. The van der Waals surface area contributed by atoms with Gasteiger partial charge in [-0.1, -0.05) is 36.4 Å². The molecule has 22 heavy (non-hydrogen) atoms. The molecule has 7 heteroatoms. The molecule has 1 amide bonds. The third kappa shape index (κ3) is 4.92. The van der Waals surface area contributed by atoms with E-state index in [2.05, 4.69) is 0 Å². The Bertz CT molecular complexity index is 546. The topological polar surface area (TPSA) is 75.6 Å². The van der Waals surface area contributed by atoms with Gasteiger partial charge in [0.25, 0.3) is 5.91 Å². The van der Waals surface area contributed by atoms with Crippen LogP contribution in [0.4, 0.5) is 8.78 Å². The lowest BCUT2D eigenvalue weighted by atomic mass is 10.1. The van der Waals surface area contributed by atoms with Crippen LogP contribution in [0, 0.1) is 0 Å². The zero-order valence-corrected chi connectivity index (χ0v) is 12.1. The van der Waals surface area contributed by atoms with Gasteiger partial charge in [-0.2, -0.15) is 8.78 Å². The first kappa shape index (κ1) is 17.8. The number of carbonyl (C=O) groups is 2. The van der Waals surface area contributed by atoms with Crippen molar-refractivity contribution in [3.63, 3.8) is 0 Å². The third-order valence-corrected chi connectivity index (χ3v) is 2.98. The second-order valence-electron chi connectivity index (χ2n) is 4.60. The largest absolute Gasteiger partial charge is 0.480 e. The molecule has 0 spiro atoms. The van der Waals surface area contributed by atoms with E-state index in [9.17, 15) is 18.4 Å². The Morgan fingerprint density at radius 3 is 2.41 bits per heavy atom. The van der Waals surface area contributed by atoms with Crippen LogP contribution in [-0.2, 0) is 14.3 Å². The van der Waals surface area contributed by atoms with E-state index >= 15 is 0 Å². The van der Waals surface area contributed by atoms with E-state index in [1.165, 1.54) is 14.0 Å². The number of methoxy groups -OCH3 is 1. The predicted octanol–water partition coefficient (Wildman–Crippen LogP) is 1.94. The van der Waals surface area contributed by atoms with E-state index in [-0.39, 0.29) is 0 Å². The first-order valence-electron chi connectivity index (χ1n) is 6.46. The number of rotatable bonds is 7. The Kier molecular flexibility index (Phi) is 6.18. The molecule has 2 N–H and O–H groups in total. The molecular weight excluding hydrogens is 296 g/mol. The van der Waals surface area contributed by atoms with Crippen LogP contribution in [0.25, 0.3) is 6.08 Å². The molecule has 2 atom stereocenters. The minimum atomic E-state index is -3.84. The van der Waals surface area contributed by atoms with E-state index in [0.717, 1.165) is 6.08 Å². The lowest BCUT2D eigenvalue weighted by Crippen LogP contribution is -2.52. The summed E-state index contributed by atoms with van der Waals surface area (Å²) in [4.78, 5) is 22.6. The summed E-state index contributed by atoms with van der Waals surface area (Å²) in [5.41, 5.74) is 0.495. The highest BCUT2D eigenvalue weighted by atomic mass is 19.3. The second-order valence-corrected chi connectivity index (χ2v) is 4.60. The molecule has 0 saturated carbocycles. The molecule has 0 aliphatic heterocycles. The van der Waals surface area contributed by atoms with Crippen LogP contribution >= 0.6 is 0 Å². The molecule has 0 aliphatic carbocycles. The van der Waals surface area contributed by atoms with Gasteiger partial charge in [0, 0.05) is 7.11 Å². The zero-order valence-electron chi connectivity index (χ0n) is 12.1. The van der Waals surface area contributed by atoms with Crippen molar-refractivity contribution >= 4 is 18.0 Å². The van der Waals surface area contributed by atoms with Crippen LogP contribution in [-0.4, -0.2) is 42.2 Å². The highest BCUT2D eigenvalue weighted by molar-refractivity contribution is 5.90. The van der Waals surface area contributed by atoms with Crippen molar-refractivity contribution in [2.75, 3.05) is 7.11 Å². The molecule has 0 aromatic heterocycles. The van der Waals surface area contributed by atoms with Crippen LogP contribution in [0.3, 0.4) is 0 Å². The average molecular weight is 313 g/mol. The van der Waals surface area contributed by atoms with Crippen molar-refractivity contribution in [2.24, 2.45) is 0 Å². The molecule has 0 bridgehead atoms. The molecule has 1 aromatic rings. The summed E-state index contributed by atoms with van der Waals surface area (Å²) in [5.74, 6) is -6.99. The fourth-order valence-corrected chi connectivity index (χ4v) is 1.59. The summed E-state index contributed by atoms with van der Waals surface area (Å²) in [7, 11) is 1.22. The first-order chi connectivity index (χ1) is 10.3. The molecule has 1 rings (SSSR count). The minimum Gasteiger partial charge on any atom is -0.480 e. The minimum absolute atomic E-state index is 0.425. The normalized spacial score (nSPS) is 14.5. The number of alkyl halides is 2. The van der Waals surface area contributed by atoms with E-state index in [4.69, 9.17) is 9.84 Å². The second kappa shape index (κ2) is 7.65. The molecular formula is C15H17F2NO4. The number of carboxylic acid groups (broad SMARTS) is 1. The zero-order chi connectivity index (χ0) is 16.8. The molecule has 120 valence electrons. The van der Waals surface area contributed by atoms with Gasteiger partial charge >= 0.3 is 11.9 Å².